The van der Waals surface area contributed by atoms with Crippen molar-refractivity contribution in [2.45, 2.75) is 11.2 Å². The molecule has 0 saturated heterocycles. The number of halogens is 3. The summed E-state index contributed by atoms with van der Waals surface area (Å²) in [5.41, 5.74) is 2.21. The Balaban J connectivity index is 2.26. The zero-order valence-corrected chi connectivity index (χ0v) is 15.6. The highest BCUT2D eigenvalue weighted by Gasteiger charge is 2.16. The van der Waals surface area contributed by atoms with Crippen molar-refractivity contribution in [3.05, 3.63) is 57.0 Å². The number of benzene rings is 2. The van der Waals surface area contributed by atoms with E-state index in [1.54, 1.807) is 20.3 Å². The van der Waals surface area contributed by atoms with Gasteiger partial charge in [-0.05, 0) is 35.7 Å². The van der Waals surface area contributed by atoms with E-state index in [-0.39, 0.29) is 4.83 Å². The Morgan fingerprint density at radius 1 is 1.05 bits per heavy atom. The summed E-state index contributed by atoms with van der Waals surface area (Å²) in [7, 11) is 3.22. The molecule has 0 N–H and O–H groups in total. The van der Waals surface area contributed by atoms with Crippen LogP contribution >= 0.6 is 43.5 Å². The van der Waals surface area contributed by atoms with E-state index in [0.717, 1.165) is 16.5 Å². The largest absolute Gasteiger partial charge is 0.493 e. The van der Waals surface area contributed by atoms with Gasteiger partial charge in [-0.15, -0.1) is 0 Å². The van der Waals surface area contributed by atoms with Crippen LogP contribution in [0.1, 0.15) is 16.0 Å². The van der Waals surface area contributed by atoms with Crippen molar-refractivity contribution >= 4 is 43.5 Å². The zero-order valence-electron chi connectivity index (χ0n) is 11.7. The maximum Gasteiger partial charge on any atom is 0.162 e. The molecule has 0 heterocycles. The van der Waals surface area contributed by atoms with Crippen LogP contribution in [0.2, 0.25) is 5.02 Å². The van der Waals surface area contributed by atoms with E-state index in [0.29, 0.717) is 16.5 Å². The number of ether oxygens (including phenoxy) is 2. The molecule has 1 unspecified atom stereocenters. The van der Waals surface area contributed by atoms with Crippen LogP contribution in [0.15, 0.2) is 40.9 Å². The quantitative estimate of drug-likeness (QED) is 0.554. The van der Waals surface area contributed by atoms with Gasteiger partial charge in [-0.3, -0.25) is 0 Å². The Bertz CT molecular complexity index is 614. The lowest BCUT2D eigenvalue weighted by molar-refractivity contribution is 0.354. The van der Waals surface area contributed by atoms with Gasteiger partial charge >= 0.3 is 0 Å². The predicted octanol–water partition coefficient (Wildman–Crippen LogP) is 5.80. The molecule has 2 nitrogen and oxygen atoms in total. The monoisotopic (exact) mass is 432 g/mol. The molecule has 0 fully saturated rings. The van der Waals surface area contributed by atoms with E-state index in [1.807, 2.05) is 18.2 Å². The fourth-order valence-corrected chi connectivity index (χ4v) is 3.48. The number of alkyl halides is 1. The van der Waals surface area contributed by atoms with E-state index in [1.165, 1.54) is 5.56 Å². The van der Waals surface area contributed by atoms with Crippen LogP contribution in [0, 0.1) is 0 Å². The third-order valence-electron chi connectivity index (χ3n) is 3.17. The minimum Gasteiger partial charge on any atom is -0.493 e. The van der Waals surface area contributed by atoms with Gasteiger partial charge < -0.3 is 9.47 Å². The Labute approximate surface area is 146 Å². The number of methoxy groups -OCH3 is 2. The first-order chi connectivity index (χ1) is 10.0. The normalized spacial score (nSPS) is 12.0. The molecule has 0 bridgehead atoms. The highest BCUT2D eigenvalue weighted by Crippen LogP contribution is 2.39. The summed E-state index contributed by atoms with van der Waals surface area (Å²) in [6.07, 6.45) is 0.836. The van der Waals surface area contributed by atoms with E-state index >= 15 is 0 Å². The second-order valence-electron chi connectivity index (χ2n) is 4.53. The van der Waals surface area contributed by atoms with Gasteiger partial charge in [-0.25, -0.2) is 0 Å². The Kier molecular flexibility index (Phi) is 5.97. The molecule has 0 aliphatic carbocycles. The maximum absolute atomic E-state index is 6.35. The molecule has 2 aromatic rings. The van der Waals surface area contributed by atoms with Gasteiger partial charge in [0.25, 0.3) is 0 Å². The van der Waals surface area contributed by atoms with Crippen molar-refractivity contribution in [2.24, 2.45) is 0 Å². The van der Waals surface area contributed by atoms with Crippen molar-refractivity contribution in [3.63, 3.8) is 0 Å². The minimum atomic E-state index is 0.103. The lowest BCUT2D eigenvalue weighted by atomic mass is 10.0. The third kappa shape index (κ3) is 4.15. The molecule has 0 aliphatic heterocycles. The second-order valence-corrected chi connectivity index (χ2v) is 6.96. The average molecular weight is 435 g/mol. The van der Waals surface area contributed by atoms with Crippen molar-refractivity contribution in [1.82, 2.24) is 0 Å². The topological polar surface area (TPSA) is 18.5 Å². The van der Waals surface area contributed by atoms with Crippen molar-refractivity contribution in [3.8, 4) is 11.5 Å². The van der Waals surface area contributed by atoms with Crippen LogP contribution in [0.5, 0.6) is 11.5 Å². The van der Waals surface area contributed by atoms with Crippen molar-refractivity contribution < 1.29 is 9.47 Å². The highest BCUT2D eigenvalue weighted by atomic mass is 79.9. The van der Waals surface area contributed by atoms with E-state index in [9.17, 15) is 0 Å². The van der Waals surface area contributed by atoms with Gasteiger partial charge in [0.2, 0.25) is 0 Å². The van der Waals surface area contributed by atoms with Crippen molar-refractivity contribution in [1.29, 1.82) is 0 Å². The summed E-state index contributed by atoms with van der Waals surface area (Å²) in [6, 6.07) is 11.9. The van der Waals surface area contributed by atoms with Crippen LogP contribution in [-0.4, -0.2) is 14.2 Å². The molecule has 0 spiro atoms. The van der Waals surface area contributed by atoms with Gasteiger partial charge in [-0.1, -0.05) is 55.6 Å². The molecule has 1 atom stereocenters. The zero-order chi connectivity index (χ0) is 15.4. The first-order valence-corrected chi connectivity index (χ1v) is 8.43. The van der Waals surface area contributed by atoms with Gasteiger partial charge in [0.1, 0.15) is 0 Å². The fourth-order valence-electron chi connectivity index (χ4n) is 2.05. The van der Waals surface area contributed by atoms with Gasteiger partial charge in [-0.2, -0.15) is 0 Å². The second kappa shape index (κ2) is 7.52. The smallest absolute Gasteiger partial charge is 0.162 e. The molecule has 0 radical (unpaired) electrons. The third-order valence-corrected chi connectivity index (χ3v) is 4.84. The van der Waals surface area contributed by atoms with E-state index in [4.69, 9.17) is 21.1 Å². The average Bonchev–Trinajstić information content (AvgIpc) is 2.49. The molecule has 112 valence electrons. The predicted molar refractivity (Wildman–Crippen MR) is 94.1 cm³/mol. The molecule has 5 heteroatoms. The summed E-state index contributed by atoms with van der Waals surface area (Å²) in [6.45, 7) is 0. The Morgan fingerprint density at radius 3 is 2.19 bits per heavy atom. The SMILES string of the molecule is COc1cc(Cl)c(C(Br)Cc2ccc(Br)cc2)cc1OC. The number of hydrogen-bond donors (Lipinski definition) is 0. The molecule has 2 rings (SSSR count). The highest BCUT2D eigenvalue weighted by molar-refractivity contribution is 9.10. The van der Waals surface area contributed by atoms with Crippen LogP contribution < -0.4 is 9.47 Å². The first kappa shape index (κ1) is 16.7. The fraction of sp³-hybridized carbons (Fsp3) is 0.250. The van der Waals surface area contributed by atoms with Gasteiger partial charge in [0.05, 0.1) is 14.2 Å². The summed E-state index contributed by atoms with van der Waals surface area (Å²) < 4.78 is 11.7. The molecule has 21 heavy (non-hydrogen) atoms. The van der Waals surface area contributed by atoms with Crippen LogP contribution in [0.4, 0.5) is 0 Å². The van der Waals surface area contributed by atoms with Crippen LogP contribution in [-0.2, 0) is 6.42 Å². The molecule has 0 amide bonds. The van der Waals surface area contributed by atoms with Gasteiger partial charge in [0.15, 0.2) is 11.5 Å². The Morgan fingerprint density at radius 2 is 1.62 bits per heavy atom. The molecule has 0 saturated carbocycles. The van der Waals surface area contributed by atoms with Crippen molar-refractivity contribution in [2.75, 3.05) is 14.2 Å². The van der Waals surface area contributed by atoms with E-state index < -0.39 is 0 Å². The minimum absolute atomic E-state index is 0.103. The first-order valence-electron chi connectivity index (χ1n) is 6.35. The summed E-state index contributed by atoms with van der Waals surface area (Å²) >= 11 is 13.5. The van der Waals surface area contributed by atoms with Gasteiger partial charge in [0, 0.05) is 20.4 Å². The van der Waals surface area contributed by atoms with Crippen LogP contribution in [0.25, 0.3) is 0 Å². The summed E-state index contributed by atoms with van der Waals surface area (Å²) in [4.78, 5) is 0.103. The molecule has 0 aliphatic rings. The lowest BCUT2D eigenvalue weighted by Gasteiger charge is -2.16. The standard InChI is InChI=1S/C16H15Br2ClO2/c1-20-15-8-12(14(19)9-16(15)21-2)13(18)7-10-3-5-11(17)6-4-10/h3-6,8-9,13H,7H2,1-2H3. The summed E-state index contributed by atoms with van der Waals surface area (Å²) in [5.74, 6) is 1.31. The maximum atomic E-state index is 6.35. The molecule has 0 aromatic heterocycles. The molecular weight excluding hydrogens is 419 g/mol. The number of rotatable bonds is 5. The molecule has 2 aromatic carbocycles. The number of hydrogen-bond acceptors (Lipinski definition) is 2. The van der Waals surface area contributed by atoms with Crippen LogP contribution in [0.3, 0.4) is 0 Å². The summed E-state index contributed by atoms with van der Waals surface area (Å²) in [5, 5.41) is 0.659. The Hall–Kier alpha value is -0.710. The van der Waals surface area contributed by atoms with E-state index in [2.05, 4.69) is 44.0 Å². The lowest BCUT2D eigenvalue weighted by Crippen LogP contribution is -1.99. The molecular formula is C16H15Br2ClO2.